The number of rotatable bonds is 8. The van der Waals surface area contributed by atoms with Crippen molar-refractivity contribution in [3.8, 4) is 22.8 Å². The first kappa shape index (κ1) is 23.8. The molecule has 0 atom stereocenters. The van der Waals surface area contributed by atoms with Crippen LogP contribution in [0.5, 0.6) is 5.75 Å². The fourth-order valence-electron chi connectivity index (χ4n) is 3.27. The number of carbonyl (C=O) groups is 1. The van der Waals surface area contributed by atoms with Crippen LogP contribution >= 0.6 is 23.4 Å². The number of hydrogen-bond acceptors (Lipinski definition) is 5. The normalized spacial score (nSPS) is 10.8. The predicted molar refractivity (Wildman–Crippen MR) is 133 cm³/mol. The maximum Gasteiger partial charge on any atom is 0.234 e. The minimum absolute atomic E-state index is 0.0696. The van der Waals surface area contributed by atoms with Gasteiger partial charge < -0.3 is 10.1 Å². The van der Waals surface area contributed by atoms with Crippen molar-refractivity contribution < 1.29 is 13.9 Å². The first-order valence-corrected chi connectivity index (χ1v) is 11.9. The molecule has 0 fully saturated rings. The lowest BCUT2D eigenvalue weighted by molar-refractivity contribution is -0.113. The molecule has 0 saturated heterocycles. The first-order chi connectivity index (χ1) is 16.4. The van der Waals surface area contributed by atoms with Crippen LogP contribution in [0.15, 0.2) is 71.9 Å². The third-order valence-electron chi connectivity index (χ3n) is 4.91. The van der Waals surface area contributed by atoms with Gasteiger partial charge in [0.15, 0.2) is 11.0 Å². The molecule has 3 aromatic carbocycles. The monoisotopic (exact) mass is 496 g/mol. The summed E-state index contributed by atoms with van der Waals surface area (Å²) in [6.07, 6.45) is 0. The predicted octanol–water partition coefficient (Wildman–Crippen LogP) is 6.16. The summed E-state index contributed by atoms with van der Waals surface area (Å²) in [6.45, 7) is 4.17. The van der Waals surface area contributed by atoms with Gasteiger partial charge in [0.25, 0.3) is 0 Å². The highest BCUT2D eigenvalue weighted by Gasteiger charge is 2.18. The van der Waals surface area contributed by atoms with Crippen LogP contribution in [-0.4, -0.2) is 33.0 Å². The Balaban J connectivity index is 1.60. The van der Waals surface area contributed by atoms with Crippen LogP contribution in [0.4, 0.5) is 10.1 Å². The fourth-order valence-corrected chi connectivity index (χ4v) is 4.21. The molecule has 0 aliphatic rings. The molecule has 6 nitrogen and oxygen atoms in total. The van der Waals surface area contributed by atoms with Crippen LogP contribution in [0, 0.1) is 12.7 Å². The highest BCUT2D eigenvalue weighted by Crippen LogP contribution is 2.30. The van der Waals surface area contributed by atoms with Crippen molar-refractivity contribution in [2.75, 3.05) is 17.7 Å². The Hall–Kier alpha value is -3.36. The molecule has 0 unspecified atom stereocenters. The van der Waals surface area contributed by atoms with Crippen molar-refractivity contribution >= 4 is 35.0 Å². The summed E-state index contributed by atoms with van der Waals surface area (Å²) in [5.74, 6) is 0.767. The molecule has 0 spiro atoms. The fraction of sp³-hybridized carbons (Fsp3) is 0.160. The molecule has 1 heterocycles. The number of nitrogens with zero attached hydrogens (tertiary/aromatic N) is 3. The zero-order valence-electron chi connectivity index (χ0n) is 18.6. The van der Waals surface area contributed by atoms with Crippen LogP contribution in [0.3, 0.4) is 0 Å². The SMILES string of the molecule is CCOc1ccc(-n2c(SCC(=O)Nc3ccc(C)c(F)c3)nnc2-c2cccc(Cl)c2)cc1. The summed E-state index contributed by atoms with van der Waals surface area (Å²) < 4.78 is 21.2. The zero-order chi connectivity index (χ0) is 24.1. The number of amides is 1. The molecule has 9 heteroatoms. The van der Waals surface area contributed by atoms with Gasteiger partial charge >= 0.3 is 0 Å². The molecule has 34 heavy (non-hydrogen) atoms. The quantitative estimate of drug-likeness (QED) is 0.296. The second-order valence-electron chi connectivity index (χ2n) is 7.38. The van der Waals surface area contributed by atoms with Gasteiger partial charge in [0.2, 0.25) is 5.91 Å². The number of carbonyl (C=O) groups excluding carboxylic acids is 1. The van der Waals surface area contributed by atoms with Gasteiger partial charge in [-0.15, -0.1) is 10.2 Å². The van der Waals surface area contributed by atoms with E-state index in [1.165, 1.54) is 17.8 Å². The average Bonchev–Trinajstić information content (AvgIpc) is 3.25. The molecular formula is C25H22ClFN4O2S. The van der Waals surface area contributed by atoms with Gasteiger partial charge in [-0.25, -0.2) is 4.39 Å². The number of nitrogens with one attached hydrogen (secondary N) is 1. The lowest BCUT2D eigenvalue weighted by Crippen LogP contribution is -2.14. The third-order valence-corrected chi connectivity index (χ3v) is 6.07. The van der Waals surface area contributed by atoms with E-state index < -0.39 is 0 Å². The van der Waals surface area contributed by atoms with Crippen molar-refractivity contribution in [3.05, 3.63) is 83.1 Å². The average molecular weight is 497 g/mol. The minimum atomic E-state index is -0.369. The summed E-state index contributed by atoms with van der Waals surface area (Å²) in [5, 5.41) is 12.5. The van der Waals surface area contributed by atoms with E-state index in [-0.39, 0.29) is 17.5 Å². The molecule has 0 bridgehead atoms. The Morgan fingerprint density at radius 1 is 1.12 bits per heavy atom. The van der Waals surface area contributed by atoms with Gasteiger partial charge in [0.05, 0.1) is 12.4 Å². The van der Waals surface area contributed by atoms with Gasteiger partial charge in [-0.2, -0.15) is 0 Å². The minimum Gasteiger partial charge on any atom is -0.494 e. The van der Waals surface area contributed by atoms with Crippen molar-refractivity contribution in [1.29, 1.82) is 0 Å². The van der Waals surface area contributed by atoms with E-state index >= 15 is 0 Å². The van der Waals surface area contributed by atoms with Gasteiger partial charge in [0, 0.05) is 22.0 Å². The maximum absolute atomic E-state index is 13.8. The van der Waals surface area contributed by atoms with E-state index in [0.29, 0.717) is 33.9 Å². The lowest BCUT2D eigenvalue weighted by Gasteiger charge is -2.12. The highest BCUT2D eigenvalue weighted by atomic mass is 35.5. The molecular weight excluding hydrogens is 475 g/mol. The van der Waals surface area contributed by atoms with Gasteiger partial charge in [-0.1, -0.05) is 41.6 Å². The summed E-state index contributed by atoms with van der Waals surface area (Å²) in [5.41, 5.74) is 2.53. The van der Waals surface area contributed by atoms with Crippen molar-refractivity contribution in [2.24, 2.45) is 0 Å². The van der Waals surface area contributed by atoms with Crippen LogP contribution in [0.1, 0.15) is 12.5 Å². The molecule has 0 aliphatic heterocycles. The van der Waals surface area contributed by atoms with Crippen molar-refractivity contribution in [2.45, 2.75) is 19.0 Å². The molecule has 0 radical (unpaired) electrons. The Morgan fingerprint density at radius 3 is 2.62 bits per heavy atom. The van der Waals surface area contributed by atoms with Crippen molar-refractivity contribution in [3.63, 3.8) is 0 Å². The first-order valence-electron chi connectivity index (χ1n) is 10.6. The van der Waals surface area contributed by atoms with Crippen LogP contribution in [-0.2, 0) is 4.79 Å². The largest absolute Gasteiger partial charge is 0.494 e. The van der Waals surface area contributed by atoms with Gasteiger partial charge in [-0.05, 0) is 67.9 Å². The number of thioether (sulfide) groups is 1. The summed E-state index contributed by atoms with van der Waals surface area (Å²) >= 11 is 7.43. The van der Waals surface area contributed by atoms with E-state index in [4.69, 9.17) is 16.3 Å². The zero-order valence-corrected chi connectivity index (χ0v) is 20.2. The van der Waals surface area contributed by atoms with E-state index in [2.05, 4.69) is 15.5 Å². The Morgan fingerprint density at radius 2 is 1.91 bits per heavy atom. The topological polar surface area (TPSA) is 69.0 Å². The lowest BCUT2D eigenvalue weighted by atomic mass is 10.2. The summed E-state index contributed by atoms with van der Waals surface area (Å²) in [6, 6.07) is 19.5. The van der Waals surface area contributed by atoms with Crippen LogP contribution in [0.25, 0.3) is 17.1 Å². The number of aryl methyl sites for hydroxylation is 1. The van der Waals surface area contributed by atoms with Crippen molar-refractivity contribution in [1.82, 2.24) is 14.8 Å². The number of benzene rings is 3. The Bertz CT molecular complexity index is 1310. The Kier molecular flexibility index (Phi) is 7.49. The smallest absolute Gasteiger partial charge is 0.234 e. The second kappa shape index (κ2) is 10.7. The van der Waals surface area contributed by atoms with E-state index in [1.54, 1.807) is 25.1 Å². The molecule has 0 aliphatic carbocycles. The number of ether oxygens (including phenoxy) is 1. The summed E-state index contributed by atoms with van der Waals surface area (Å²) in [4.78, 5) is 12.5. The van der Waals surface area contributed by atoms with E-state index in [1.807, 2.05) is 54.0 Å². The molecule has 4 rings (SSSR count). The number of anilines is 1. The standard InChI is InChI=1S/C25H22ClFN4O2S/c1-3-33-21-11-9-20(10-12-21)31-24(17-5-4-6-18(26)13-17)29-30-25(31)34-15-23(32)28-19-8-7-16(2)22(27)14-19/h4-14H,3,15H2,1-2H3,(H,28,32). The second-order valence-corrected chi connectivity index (χ2v) is 8.76. The molecule has 1 aromatic heterocycles. The van der Waals surface area contributed by atoms with E-state index in [0.717, 1.165) is 17.0 Å². The number of halogens is 2. The molecule has 4 aromatic rings. The summed E-state index contributed by atoms with van der Waals surface area (Å²) in [7, 11) is 0. The number of aromatic nitrogens is 3. The maximum atomic E-state index is 13.8. The highest BCUT2D eigenvalue weighted by molar-refractivity contribution is 7.99. The molecule has 1 amide bonds. The van der Waals surface area contributed by atoms with Gasteiger partial charge in [0.1, 0.15) is 11.6 Å². The van der Waals surface area contributed by atoms with Crippen LogP contribution in [0.2, 0.25) is 5.02 Å². The van der Waals surface area contributed by atoms with Gasteiger partial charge in [-0.3, -0.25) is 9.36 Å². The van der Waals surface area contributed by atoms with Crippen LogP contribution < -0.4 is 10.1 Å². The van der Waals surface area contributed by atoms with E-state index in [9.17, 15) is 9.18 Å². The third kappa shape index (κ3) is 5.58. The number of hydrogen-bond donors (Lipinski definition) is 1. The molecule has 174 valence electrons. The Labute approximate surface area is 206 Å². The molecule has 0 saturated carbocycles. The molecule has 1 N–H and O–H groups in total.